The molecule has 1 aliphatic rings. The highest BCUT2D eigenvalue weighted by Crippen LogP contribution is 2.34. The Morgan fingerprint density at radius 1 is 0.872 bits per heavy atom. The van der Waals surface area contributed by atoms with E-state index in [0.29, 0.717) is 40.2 Å². The molecule has 0 saturated heterocycles. The molecule has 0 atom stereocenters. The largest absolute Gasteiger partial charge is 0.487 e. The van der Waals surface area contributed by atoms with Gasteiger partial charge in [0.2, 0.25) is 0 Å². The summed E-state index contributed by atoms with van der Waals surface area (Å²) in [6.45, 7) is 0.905. The molecule has 39 heavy (non-hydrogen) atoms. The van der Waals surface area contributed by atoms with Crippen molar-refractivity contribution in [1.82, 2.24) is 15.0 Å². The summed E-state index contributed by atoms with van der Waals surface area (Å²) < 4.78 is 7.75. The zero-order chi connectivity index (χ0) is 26.6. The first-order valence-corrected chi connectivity index (χ1v) is 12.6. The van der Waals surface area contributed by atoms with Crippen LogP contribution in [-0.2, 0) is 17.9 Å². The van der Waals surface area contributed by atoms with Crippen molar-refractivity contribution in [3.8, 4) is 5.75 Å². The van der Waals surface area contributed by atoms with E-state index in [2.05, 4.69) is 15.6 Å². The second-order valence-corrected chi connectivity index (χ2v) is 9.22. The molecule has 0 spiro atoms. The van der Waals surface area contributed by atoms with Gasteiger partial charge in [0.15, 0.2) is 5.78 Å². The normalized spacial score (nSPS) is 13.2. The van der Waals surface area contributed by atoms with E-state index in [4.69, 9.17) is 4.74 Å². The van der Waals surface area contributed by atoms with Crippen LogP contribution in [0.1, 0.15) is 38.3 Å². The average molecular weight is 513 g/mol. The van der Waals surface area contributed by atoms with E-state index in [0.717, 1.165) is 16.8 Å². The molecule has 0 aliphatic carbocycles. The van der Waals surface area contributed by atoms with Crippen LogP contribution >= 0.6 is 0 Å². The van der Waals surface area contributed by atoms with Crippen molar-refractivity contribution in [2.45, 2.75) is 13.2 Å². The molecular formula is C32H24N4O3. The summed E-state index contributed by atoms with van der Waals surface area (Å²) in [5.74, 6) is 0.345. The fourth-order valence-corrected chi connectivity index (χ4v) is 4.50. The maximum atomic E-state index is 13.0. The molecule has 1 N–H and O–H groups in total. The number of rotatable bonds is 8. The Kier molecular flexibility index (Phi) is 6.53. The van der Waals surface area contributed by atoms with E-state index in [-0.39, 0.29) is 18.3 Å². The molecule has 0 radical (unpaired) electrons. The molecule has 4 aromatic carbocycles. The number of nitrogens with one attached hydrogen (secondary N) is 1. The highest BCUT2D eigenvalue weighted by Gasteiger charge is 2.25. The van der Waals surface area contributed by atoms with Gasteiger partial charge < -0.3 is 10.1 Å². The van der Waals surface area contributed by atoms with Crippen LogP contribution in [0.4, 0.5) is 5.69 Å². The molecule has 1 aromatic heterocycles. The van der Waals surface area contributed by atoms with Crippen molar-refractivity contribution in [3.05, 3.63) is 143 Å². The maximum Gasteiger partial charge on any atom is 0.256 e. The molecule has 5 aromatic rings. The van der Waals surface area contributed by atoms with Crippen LogP contribution < -0.4 is 10.1 Å². The molecule has 0 bridgehead atoms. The third-order valence-corrected chi connectivity index (χ3v) is 6.43. The van der Waals surface area contributed by atoms with Crippen LogP contribution in [0.25, 0.3) is 11.6 Å². The van der Waals surface area contributed by atoms with Gasteiger partial charge in [0.05, 0.1) is 12.7 Å². The molecular weight excluding hydrogens is 488 g/mol. The molecule has 1 amide bonds. The first kappa shape index (κ1) is 24.1. The molecule has 190 valence electrons. The van der Waals surface area contributed by atoms with Gasteiger partial charge in [0.25, 0.3) is 5.91 Å². The van der Waals surface area contributed by atoms with Crippen molar-refractivity contribution >= 4 is 29.0 Å². The summed E-state index contributed by atoms with van der Waals surface area (Å²) in [5, 5.41) is 11.3. The fraction of sp³-hybridized carbons (Fsp3) is 0.0625. The lowest BCUT2D eigenvalue weighted by Gasteiger charge is -2.06. The number of aromatic nitrogens is 3. The standard InChI is InChI=1S/C32H24N4O3/c37-31(24-11-5-2-6-12-24)25-14-15-30-28(18-25)29(32(38)33-30)17-23-10-7-13-27(16-23)39-21-26-20-36(35-34-26)19-22-8-3-1-4-9-22/h1-18,20H,19,21H2,(H,33,38)/b29-17+. The number of ether oxygens (including phenoxy) is 1. The predicted octanol–water partition coefficient (Wildman–Crippen LogP) is 5.63. The number of fused-ring (bicyclic) bond motifs is 1. The second kappa shape index (κ2) is 10.6. The smallest absolute Gasteiger partial charge is 0.256 e. The van der Waals surface area contributed by atoms with Crippen molar-refractivity contribution in [2.75, 3.05) is 5.32 Å². The summed E-state index contributed by atoms with van der Waals surface area (Å²) >= 11 is 0. The van der Waals surface area contributed by atoms with Crippen LogP contribution in [0, 0.1) is 0 Å². The van der Waals surface area contributed by atoms with Gasteiger partial charge in [-0.15, -0.1) is 5.10 Å². The first-order valence-electron chi connectivity index (χ1n) is 12.6. The number of benzene rings is 4. The third-order valence-electron chi connectivity index (χ3n) is 6.43. The minimum Gasteiger partial charge on any atom is -0.487 e. The minimum atomic E-state index is -0.212. The van der Waals surface area contributed by atoms with Gasteiger partial charge in [-0.25, -0.2) is 4.68 Å². The van der Waals surface area contributed by atoms with Gasteiger partial charge in [0.1, 0.15) is 18.1 Å². The Hall–Kier alpha value is -5.30. The number of hydrogen-bond acceptors (Lipinski definition) is 5. The summed E-state index contributed by atoms with van der Waals surface area (Å²) in [5.41, 5.74) is 5.67. The van der Waals surface area contributed by atoms with E-state index < -0.39 is 0 Å². The number of nitrogens with zero attached hydrogens (tertiary/aromatic N) is 3. The Balaban J connectivity index is 1.18. The Morgan fingerprint density at radius 2 is 1.67 bits per heavy atom. The Bertz CT molecular complexity index is 1690. The molecule has 0 unspecified atom stereocenters. The second-order valence-electron chi connectivity index (χ2n) is 9.22. The zero-order valence-corrected chi connectivity index (χ0v) is 21.0. The van der Waals surface area contributed by atoms with Crippen LogP contribution in [0.15, 0.2) is 109 Å². The van der Waals surface area contributed by atoms with Crippen LogP contribution in [-0.4, -0.2) is 26.7 Å². The monoisotopic (exact) mass is 512 g/mol. The van der Waals surface area contributed by atoms with E-state index in [1.807, 2.05) is 79.0 Å². The van der Waals surface area contributed by atoms with Gasteiger partial charge in [0, 0.05) is 28.0 Å². The highest BCUT2D eigenvalue weighted by atomic mass is 16.5. The SMILES string of the molecule is O=C1Nc2ccc(C(=O)c3ccccc3)cc2/C1=C\c1cccc(OCc2cn(Cc3ccccc3)nn2)c1. The summed E-state index contributed by atoms with van der Waals surface area (Å²) in [7, 11) is 0. The molecule has 7 nitrogen and oxygen atoms in total. The number of carbonyl (C=O) groups excluding carboxylic acids is 2. The van der Waals surface area contributed by atoms with Gasteiger partial charge in [-0.1, -0.05) is 78.0 Å². The van der Waals surface area contributed by atoms with E-state index >= 15 is 0 Å². The van der Waals surface area contributed by atoms with Crippen molar-refractivity contribution in [2.24, 2.45) is 0 Å². The lowest BCUT2D eigenvalue weighted by Crippen LogP contribution is -2.03. The summed E-state index contributed by atoms with van der Waals surface area (Å²) in [4.78, 5) is 25.8. The molecule has 0 saturated carbocycles. The van der Waals surface area contributed by atoms with Gasteiger partial charge in [-0.05, 0) is 47.5 Å². The number of hydrogen-bond donors (Lipinski definition) is 1. The number of ketones is 1. The third kappa shape index (κ3) is 5.38. The minimum absolute atomic E-state index is 0.0896. The van der Waals surface area contributed by atoms with E-state index in [1.54, 1.807) is 41.1 Å². The summed E-state index contributed by atoms with van der Waals surface area (Å²) in [6.07, 6.45) is 3.67. The zero-order valence-electron chi connectivity index (χ0n) is 21.0. The number of amides is 1. The molecule has 0 fully saturated rings. The van der Waals surface area contributed by atoms with Gasteiger partial charge in [-0.3, -0.25) is 9.59 Å². The van der Waals surface area contributed by atoms with E-state index in [9.17, 15) is 9.59 Å². The van der Waals surface area contributed by atoms with Gasteiger partial charge >= 0.3 is 0 Å². The quantitative estimate of drug-likeness (QED) is 0.215. The van der Waals surface area contributed by atoms with Crippen LogP contribution in [0.5, 0.6) is 5.75 Å². The lowest BCUT2D eigenvalue weighted by atomic mass is 9.97. The molecule has 1 aliphatic heterocycles. The maximum absolute atomic E-state index is 13.0. The Morgan fingerprint density at radius 3 is 2.49 bits per heavy atom. The Labute approximate surface area is 225 Å². The molecule has 6 rings (SSSR count). The topological polar surface area (TPSA) is 86.1 Å². The van der Waals surface area contributed by atoms with Crippen molar-refractivity contribution in [3.63, 3.8) is 0 Å². The predicted molar refractivity (Wildman–Crippen MR) is 149 cm³/mol. The van der Waals surface area contributed by atoms with Gasteiger partial charge in [-0.2, -0.15) is 0 Å². The number of anilines is 1. The van der Waals surface area contributed by atoms with Crippen LogP contribution in [0.3, 0.4) is 0 Å². The van der Waals surface area contributed by atoms with Crippen LogP contribution in [0.2, 0.25) is 0 Å². The highest BCUT2D eigenvalue weighted by molar-refractivity contribution is 6.35. The van der Waals surface area contributed by atoms with E-state index in [1.165, 1.54) is 0 Å². The molecule has 7 heteroatoms. The summed E-state index contributed by atoms with van der Waals surface area (Å²) in [6, 6.07) is 31.9. The molecule has 2 heterocycles. The first-order chi connectivity index (χ1) is 19.1. The lowest BCUT2D eigenvalue weighted by molar-refractivity contribution is -0.110. The number of carbonyl (C=O) groups is 2. The van der Waals surface area contributed by atoms with Crippen molar-refractivity contribution < 1.29 is 14.3 Å². The fourth-order valence-electron chi connectivity index (χ4n) is 4.50. The van der Waals surface area contributed by atoms with Crippen molar-refractivity contribution in [1.29, 1.82) is 0 Å². The average Bonchev–Trinajstić information content (AvgIpc) is 3.55.